The van der Waals surface area contributed by atoms with E-state index in [2.05, 4.69) is 14.2 Å². The number of hydrogen-bond acceptors (Lipinski definition) is 6. The third kappa shape index (κ3) is 8.73. The molecule has 0 saturated heterocycles. The first-order valence-electron chi connectivity index (χ1n) is 4.13. The lowest BCUT2D eigenvalue weighted by atomic mass is 10.4. The molecule has 6 nitrogen and oxygen atoms in total. The average Bonchev–Trinajstić information content (AvgIpc) is 2.11. The quantitative estimate of drug-likeness (QED) is 0.465. The van der Waals surface area contributed by atoms with E-state index < -0.39 is 30.6 Å². The zero-order valence-corrected chi connectivity index (χ0v) is 8.52. The zero-order chi connectivity index (χ0) is 11.8. The Labute approximate surface area is 87.5 Å². The van der Waals surface area contributed by atoms with E-state index in [1.54, 1.807) is 0 Å². The van der Waals surface area contributed by atoms with Crippen molar-refractivity contribution in [3.63, 3.8) is 0 Å². The van der Waals surface area contributed by atoms with Gasteiger partial charge in [-0.25, -0.2) is 4.79 Å². The molecule has 0 rings (SSSR count). The molecule has 1 unspecified atom stereocenters. The van der Waals surface area contributed by atoms with Crippen LogP contribution in [0.5, 0.6) is 0 Å². The molecule has 1 atom stereocenters. The Bertz CT molecular complexity index is 247. The normalized spacial score (nSPS) is 11.4. The fraction of sp³-hybridized carbons (Fsp3) is 0.556. The van der Waals surface area contributed by atoms with Gasteiger partial charge >= 0.3 is 17.9 Å². The van der Waals surface area contributed by atoms with Crippen LogP contribution in [0.2, 0.25) is 0 Å². The molecule has 0 spiro atoms. The predicted molar refractivity (Wildman–Crippen MR) is 47.4 cm³/mol. The molecular weight excluding hydrogens is 204 g/mol. The zero-order valence-electron chi connectivity index (χ0n) is 8.52. The summed E-state index contributed by atoms with van der Waals surface area (Å²) in [6.07, 6.45) is -1.06. The highest BCUT2D eigenvalue weighted by Gasteiger charge is 2.12. The van der Waals surface area contributed by atoms with Gasteiger partial charge in [-0.3, -0.25) is 9.59 Å². The molecule has 0 aromatic rings. The minimum atomic E-state index is -1.06. The van der Waals surface area contributed by atoms with Gasteiger partial charge in [0.15, 0.2) is 6.61 Å². The summed E-state index contributed by atoms with van der Waals surface area (Å²) < 4.78 is 13.4. The van der Waals surface area contributed by atoms with Crippen molar-refractivity contribution in [2.45, 2.75) is 20.0 Å². The largest absolute Gasteiger partial charge is 0.462 e. The fourth-order valence-corrected chi connectivity index (χ4v) is 0.597. The van der Waals surface area contributed by atoms with Crippen LogP contribution >= 0.6 is 0 Å². The van der Waals surface area contributed by atoms with E-state index in [1.807, 2.05) is 0 Å². The summed E-state index contributed by atoms with van der Waals surface area (Å²) in [5, 5.41) is 0. The maximum absolute atomic E-state index is 10.9. The monoisotopic (exact) mass is 216 g/mol. The van der Waals surface area contributed by atoms with Gasteiger partial charge in [0, 0.05) is 20.8 Å². The molecule has 0 fully saturated rings. The highest BCUT2D eigenvalue weighted by Crippen LogP contribution is 1.93. The number of ether oxygens (including phenoxy) is 3. The van der Waals surface area contributed by atoms with Crippen molar-refractivity contribution in [2.24, 2.45) is 0 Å². The summed E-state index contributed by atoms with van der Waals surface area (Å²) in [5.41, 5.74) is 0. The number of esters is 3. The van der Waals surface area contributed by atoms with Crippen molar-refractivity contribution in [3.05, 3.63) is 6.92 Å². The van der Waals surface area contributed by atoms with Crippen LogP contribution in [-0.2, 0) is 28.6 Å². The van der Waals surface area contributed by atoms with E-state index in [9.17, 15) is 14.4 Å². The van der Waals surface area contributed by atoms with Crippen LogP contribution in [0.4, 0.5) is 0 Å². The summed E-state index contributed by atoms with van der Waals surface area (Å²) in [6, 6.07) is 0. The summed E-state index contributed by atoms with van der Waals surface area (Å²) >= 11 is 0. The van der Waals surface area contributed by atoms with E-state index >= 15 is 0 Å². The second kappa shape index (κ2) is 6.80. The average molecular weight is 216 g/mol. The second-order valence-corrected chi connectivity index (χ2v) is 2.61. The van der Waals surface area contributed by atoms with Gasteiger partial charge in [-0.05, 0) is 0 Å². The summed E-state index contributed by atoms with van der Waals surface area (Å²) in [5.74, 6) is -1.92. The Morgan fingerprint density at radius 2 is 1.67 bits per heavy atom. The molecule has 0 bridgehead atoms. The molecule has 0 aliphatic heterocycles. The van der Waals surface area contributed by atoms with Crippen molar-refractivity contribution in [2.75, 3.05) is 13.2 Å². The van der Waals surface area contributed by atoms with E-state index in [0.717, 1.165) is 6.92 Å². The number of hydrogen-bond donors (Lipinski definition) is 0. The van der Waals surface area contributed by atoms with Crippen LogP contribution in [0.3, 0.4) is 0 Å². The van der Waals surface area contributed by atoms with Crippen molar-refractivity contribution in [1.29, 1.82) is 0 Å². The van der Waals surface area contributed by atoms with Gasteiger partial charge in [0.25, 0.3) is 0 Å². The number of carbonyl (C=O) groups is 3. The second-order valence-electron chi connectivity index (χ2n) is 2.61. The topological polar surface area (TPSA) is 78.9 Å². The van der Waals surface area contributed by atoms with E-state index in [-0.39, 0.29) is 6.61 Å². The Morgan fingerprint density at radius 3 is 2.13 bits per heavy atom. The molecule has 0 amide bonds. The molecule has 0 aromatic heterocycles. The number of carbonyl (C=O) groups excluding carboxylic acids is 3. The van der Waals surface area contributed by atoms with Gasteiger partial charge < -0.3 is 14.2 Å². The summed E-state index contributed by atoms with van der Waals surface area (Å²) in [6.45, 7) is 6.88. The van der Waals surface area contributed by atoms with E-state index in [4.69, 9.17) is 6.92 Å². The van der Waals surface area contributed by atoms with Crippen molar-refractivity contribution in [3.8, 4) is 0 Å². The molecule has 0 heterocycles. The van der Waals surface area contributed by atoms with Crippen molar-refractivity contribution >= 4 is 17.9 Å². The predicted octanol–water partition coefficient (Wildman–Crippen LogP) is -0.265. The van der Waals surface area contributed by atoms with Gasteiger partial charge in [-0.2, -0.15) is 0 Å². The summed E-state index contributed by atoms with van der Waals surface area (Å²) in [4.78, 5) is 31.6. The Morgan fingerprint density at radius 1 is 1.13 bits per heavy atom. The van der Waals surface area contributed by atoms with Crippen molar-refractivity contribution in [1.82, 2.24) is 0 Å². The molecular formula is C9H12O6. The fourth-order valence-electron chi connectivity index (χ4n) is 0.597. The number of rotatable bonds is 5. The minimum Gasteiger partial charge on any atom is -0.462 e. The van der Waals surface area contributed by atoms with Crippen LogP contribution < -0.4 is 0 Å². The lowest BCUT2D eigenvalue weighted by molar-refractivity contribution is -0.163. The highest BCUT2D eigenvalue weighted by molar-refractivity contribution is 5.75. The molecule has 84 valence electrons. The molecule has 0 saturated carbocycles. The molecule has 15 heavy (non-hydrogen) atoms. The first kappa shape index (κ1) is 13.4. The smallest absolute Gasteiger partial charge is 0.344 e. The minimum absolute atomic E-state index is 0.235. The van der Waals surface area contributed by atoms with Crippen LogP contribution in [0.25, 0.3) is 0 Å². The Kier molecular flexibility index (Phi) is 6.08. The molecule has 0 N–H and O–H groups in total. The first-order chi connectivity index (χ1) is 6.91. The third-order valence-corrected chi connectivity index (χ3v) is 1.13. The maximum Gasteiger partial charge on any atom is 0.344 e. The van der Waals surface area contributed by atoms with Gasteiger partial charge in [-0.1, -0.05) is 0 Å². The first-order valence-corrected chi connectivity index (χ1v) is 4.13. The standard InChI is InChI=1S/C9H12O6/c1-6(4-13-7(2)10)15-9(12)5-14-8(3)11/h1,6H,4-5H2,2-3H3. The van der Waals surface area contributed by atoms with Crippen molar-refractivity contribution < 1.29 is 28.6 Å². The van der Waals surface area contributed by atoms with Crippen LogP contribution in [0.15, 0.2) is 0 Å². The molecule has 0 aromatic carbocycles. The van der Waals surface area contributed by atoms with Gasteiger partial charge in [0.1, 0.15) is 12.7 Å². The lowest BCUT2D eigenvalue weighted by Gasteiger charge is -2.12. The Hall–Kier alpha value is -1.59. The maximum atomic E-state index is 10.9. The lowest BCUT2D eigenvalue weighted by Crippen LogP contribution is -2.25. The molecule has 6 heteroatoms. The van der Waals surface area contributed by atoms with Crippen LogP contribution in [-0.4, -0.2) is 37.2 Å². The van der Waals surface area contributed by atoms with Crippen LogP contribution in [0, 0.1) is 6.92 Å². The molecule has 0 aliphatic carbocycles. The summed E-state index contributed by atoms with van der Waals surface area (Å²) in [7, 11) is 0. The van der Waals surface area contributed by atoms with E-state index in [1.165, 1.54) is 6.92 Å². The van der Waals surface area contributed by atoms with Crippen LogP contribution in [0.1, 0.15) is 13.8 Å². The van der Waals surface area contributed by atoms with Gasteiger partial charge in [0.2, 0.25) is 0 Å². The van der Waals surface area contributed by atoms with E-state index in [0.29, 0.717) is 0 Å². The Balaban J connectivity index is 3.66. The SMILES string of the molecule is [CH]C(COC(C)=O)OC(=O)COC(C)=O. The molecule has 0 aliphatic rings. The van der Waals surface area contributed by atoms with Gasteiger partial charge in [-0.15, -0.1) is 0 Å². The van der Waals surface area contributed by atoms with Gasteiger partial charge in [0.05, 0.1) is 0 Å². The highest BCUT2D eigenvalue weighted by atomic mass is 16.6. The molecule has 2 radical (unpaired) electrons. The third-order valence-electron chi connectivity index (χ3n) is 1.13.